The molecule has 1 saturated heterocycles. The Bertz CT molecular complexity index is 594. The van der Waals surface area contributed by atoms with Crippen molar-refractivity contribution in [3.63, 3.8) is 0 Å². The van der Waals surface area contributed by atoms with Crippen LogP contribution in [0.5, 0.6) is 0 Å². The SMILES string of the molecule is CCc1ccsc1C(=O)N(CCOC)[C@H]1CCS(=O)(=O)C1. The average Bonchev–Trinajstić information content (AvgIpc) is 3.05. The third-order valence-corrected chi connectivity index (χ3v) is 6.46. The van der Waals surface area contributed by atoms with Crippen molar-refractivity contribution in [3.05, 3.63) is 21.9 Å². The predicted octanol–water partition coefficient (Wildman–Crippen LogP) is 1.59. The van der Waals surface area contributed by atoms with Crippen molar-refractivity contribution in [1.82, 2.24) is 4.90 Å². The molecule has 1 aromatic heterocycles. The summed E-state index contributed by atoms with van der Waals surface area (Å²) in [6.45, 7) is 2.85. The average molecular weight is 331 g/mol. The van der Waals surface area contributed by atoms with Crippen molar-refractivity contribution in [2.45, 2.75) is 25.8 Å². The monoisotopic (exact) mass is 331 g/mol. The van der Waals surface area contributed by atoms with E-state index in [4.69, 9.17) is 4.74 Å². The van der Waals surface area contributed by atoms with E-state index in [-0.39, 0.29) is 23.5 Å². The highest BCUT2D eigenvalue weighted by atomic mass is 32.2. The van der Waals surface area contributed by atoms with Crippen LogP contribution in [0.25, 0.3) is 0 Å². The molecule has 2 rings (SSSR count). The molecule has 0 radical (unpaired) electrons. The minimum Gasteiger partial charge on any atom is -0.383 e. The molecular weight excluding hydrogens is 310 g/mol. The van der Waals surface area contributed by atoms with Crippen LogP contribution in [0, 0.1) is 0 Å². The van der Waals surface area contributed by atoms with E-state index in [1.54, 1.807) is 12.0 Å². The molecule has 0 unspecified atom stereocenters. The molecule has 1 amide bonds. The van der Waals surface area contributed by atoms with Gasteiger partial charge in [0.1, 0.15) is 0 Å². The number of sulfone groups is 1. The number of carbonyl (C=O) groups excluding carboxylic acids is 1. The summed E-state index contributed by atoms with van der Waals surface area (Å²) in [7, 11) is -1.43. The van der Waals surface area contributed by atoms with Crippen LogP contribution < -0.4 is 0 Å². The van der Waals surface area contributed by atoms with Crippen LogP contribution in [0.2, 0.25) is 0 Å². The van der Waals surface area contributed by atoms with E-state index in [0.717, 1.165) is 16.9 Å². The maximum atomic E-state index is 12.8. The van der Waals surface area contributed by atoms with E-state index in [1.807, 2.05) is 18.4 Å². The van der Waals surface area contributed by atoms with E-state index in [2.05, 4.69) is 0 Å². The minimum atomic E-state index is -3.01. The van der Waals surface area contributed by atoms with E-state index in [0.29, 0.717) is 19.6 Å². The third-order valence-electron chi connectivity index (χ3n) is 3.77. The molecule has 0 spiro atoms. The first kappa shape index (κ1) is 16.5. The number of ether oxygens (including phenoxy) is 1. The fourth-order valence-corrected chi connectivity index (χ4v) is 5.27. The summed E-state index contributed by atoms with van der Waals surface area (Å²) >= 11 is 1.42. The molecule has 1 atom stereocenters. The van der Waals surface area contributed by atoms with Gasteiger partial charge in [0.2, 0.25) is 0 Å². The lowest BCUT2D eigenvalue weighted by molar-refractivity contribution is 0.0628. The molecule has 1 aromatic rings. The highest BCUT2D eigenvalue weighted by Gasteiger charge is 2.35. The quantitative estimate of drug-likeness (QED) is 0.794. The Morgan fingerprint density at radius 1 is 1.52 bits per heavy atom. The van der Waals surface area contributed by atoms with Crippen LogP contribution in [0.1, 0.15) is 28.6 Å². The molecular formula is C14H21NO4S2. The van der Waals surface area contributed by atoms with E-state index < -0.39 is 9.84 Å². The Morgan fingerprint density at radius 3 is 2.86 bits per heavy atom. The zero-order valence-corrected chi connectivity index (χ0v) is 14.0. The molecule has 0 aliphatic carbocycles. The summed E-state index contributed by atoms with van der Waals surface area (Å²) < 4.78 is 28.4. The lowest BCUT2D eigenvalue weighted by Crippen LogP contribution is -2.43. The number of methoxy groups -OCH3 is 1. The first-order valence-electron chi connectivity index (χ1n) is 7.05. The van der Waals surface area contributed by atoms with Crippen LogP contribution in [-0.4, -0.2) is 57.0 Å². The van der Waals surface area contributed by atoms with Gasteiger partial charge in [-0.2, -0.15) is 0 Å². The Morgan fingerprint density at radius 2 is 2.29 bits per heavy atom. The van der Waals surface area contributed by atoms with Crippen LogP contribution in [0.15, 0.2) is 11.4 Å². The van der Waals surface area contributed by atoms with Crippen LogP contribution in [-0.2, 0) is 21.0 Å². The summed E-state index contributed by atoms with van der Waals surface area (Å²) in [6.07, 6.45) is 1.32. The second-order valence-corrected chi connectivity index (χ2v) is 8.32. The number of amides is 1. The number of hydrogen-bond acceptors (Lipinski definition) is 5. The van der Waals surface area contributed by atoms with E-state index >= 15 is 0 Å². The van der Waals surface area contributed by atoms with E-state index in [1.165, 1.54) is 11.3 Å². The molecule has 0 aromatic carbocycles. The number of rotatable bonds is 6. The Hall–Kier alpha value is -0.920. The second-order valence-electron chi connectivity index (χ2n) is 5.18. The van der Waals surface area contributed by atoms with Gasteiger partial charge in [0.25, 0.3) is 5.91 Å². The highest BCUT2D eigenvalue weighted by Crippen LogP contribution is 2.24. The topological polar surface area (TPSA) is 63.7 Å². The van der Waals surface area contributed by atoms with Gasteiger partial charge in [0.05, 0.1) is 23.0 Å². The summed E-state index contributed by atoms with van der Waals surface area (Å²) in [5.41, 5.74) is 1.02. The molecule has 1 fully saturated rings. The van der Waals surface area contributed by atoms with Gasteiger partial charge >= 0.3 is 0 Å². The van der Waals surface area contributed by atoms with Gasteiger partial charge in [0.15, 0.2) is 9.84 Å². The summed E-state index contributed by atoms with van der Waals surface area (Å²) in [4.78, 5) is 15.2. The molecule has 0 N–H and O–H groups in total. The summed E-state index contributed by atoms with van der Waals surface area (Å²) in [6, 6.07) is 1.72. The second kappa shape index (κ2) is 6.89. The Labute approximate surface area is 129 Å². The van der Waals surface area contributed by atoms with Gasteiger partial charge in [-0.1, -0.05) is 6.92 Å². The zero-order valence-electron chi connectivity index (χ0n) is 12.4. The number of aryl methyl sites for hydroxylation is 1. The molecule has 2 heterocycles. The lowest BCUT2D eigenvalue weighted by Gasteiger charge is -2.28. The fraction of sp³-hybridized carbons (Fsp3) is 0.643. The first-order chi connectivity index (χ1) is 9.98. The number of hydrogen-bond donors (Lipinski definition) is 0. The zero-order chi connectivity index (χ0) is 15.5. The molecule has 118 valence electrons. The molecule has 1 aliphatic rings. The molecule has 0 bridgehead atoms. The molecule has 7 heteroatoms. The van der Waals surface area contributed by atoms with Gasteiger partial charge in [-0.05, 0) is 29.9 Å². The number of thiophene rings is 1. The van der Waals surface area contributed by atoms with Crippen molar-refractivity contribution in [2.24, 2.45) is 0 Å². The fourth-order valence-electron chi connectivity index (χ4n) is 2.59. The van der Waals surface area contributed by atoms with Crippen LogP contribution in [0.3, 0.4) is 0 Å². The van der Waals surface area contributed by atoms with Gasteiger partial charge < -0.3 is 9.64 Å². The maximum Gasteiger partial charge on any atom is 0.264 e. The maximum absolute atomic E-state index is 12.8. The normalized spacial score (nSPS) is 20.6. The minimum absolute atomic E-state index is 0.0648. The summed E-state index contributed by atoms with van der Waals surface area (Å²) in [5.74, 6) is 0.162. The van der Waals surface area contributed by atoms with Crippen molar-refractivity contribution in [2.75, 3.05) is 31.8 Å². The number of nitrogens with zero attached hydrogens (tertiary/aromatic N) is 1. The predicted molar refractivity (Wildman–Crippen MR) is 83.7 cm³/mol. The van der Waals surface area contributed by atoms with Crippen LogP contribution >= 0.6 is 11.3 Å². The lowest BCUT2D eigenvalue weighted by atomic mass is 10.1. The largest absolute Gasteiger partial charge is 0.383 e. The van der Waals surface area contributed by atoms with Crippen molar-refractivity contribution in [3.8, 4) is 0 Å². The molecule has 1 aliphatic heterocycles. The smallest absolute Gasteiger partial charge is 0.264 e. The standard InChI is InChI=1S/C14H21NO4S2/c1-3-11-4-8-20-13(11)14(16)15(6-7-19-2)12-5-9-21(17,18)10-12/h4,8,12H,3,5-7,9-10H2,1-2H3/t12-/m0/s1. The van der Waals surface area contributed by atoms with E-state index in [9.17, 15) is 13.2 Å². The van der Waals surface area contributed by atoms with Gasteiger partial charge in [-0.25, -0.2) is 8.42 Å². The highest BCUT2D eigenvalue weighted by molar-refractivity contribution is 7.91. The van der Waals surface area contributed by atoms with Crippen molar-refractivity contribution < 1.29 is 17.9 Å². The number of carbonyl (C=O) groups is 1. The van der Waals surface area contributed by atoms with Crippen LogP contribution in [0.4, 0.5) is 0 Å². The van der Waals surface area contributed by atoms with Gasteiger partial charge in [0, 0.05) is 19.7 Å². The first-order valence-corrected chi connectivity index (χ1v) is 9.75. The molecule has 0 saturated carbocycles. The third kappa shape index (κ3) is 3.84. The van der Waals surface area contributed by atoms with Gasteiger partial charge in [-0.15, -0.1) is 11.3 Å². The Kier molecular flexibility index (Phi) is 5.40. The Balaban J connectivity index is 2.21. The van der Waals surface area contributed by atoms with Crippen molar-refractivity contribution in [1.29, 1.82) is 0 Å². The molecule has 21 heavy (non-hydrogen) atoms. The summed E-state index contributed by atoms with van der Waals surface area (Å²) in [5, 5.41) is 1.91. The van der Waals surface area contributed by atoms with Gasteiger partial charge in [-0.3, -0.25) is 4.79 Å². The molecule has 5 nitrogen and oxygen atoms in total. The van der Waals surface area contributed by atoms with Crippen molar-refractivity contribution >= 4 is 27.1 Å².